The lowest BCUT2D eigenvalue weighted by Crippen LogP contribution is -2.31. The lowest BCUT2D eigenvalue weighted by molar-refractivity contribution is -0.122. The number of rotatable bonds is 8. The van der Waals surface area contributed by atoms with Crippen molar-refractivity contribution in [1.29, 1.82) is 5.41 Å². The van der Waals surface area contributed by atoms with Crippen LogP contribution in [0.1, 0.15) is 56.2 Å². The van der Waals surface area contributed by atoms with E-state index in [2.05, 4.69) is 9.98 Å². The molecular formula is C25H29FN4O2. The average Bonchev–Trinajstić information content (AvgIpc) is 2.92. The van der Waals surface area contributed by atoms with Gasteiger partial charge in [0.05, 0.1) is 11.4 Å². The summed E-state index contributed by atoms with van der Waals surface area (Å²) in [4.78, 5) is 35.2. The van der Waals surface area contributed by atoms with Gasteiger partial charge in [-0.25, -0.2) is 9.38 Å². The van der Waals surface area contributed by atoms with Gasteiger partial charge in [-0.15, -0.1) is 0 Å². The van der Waals surface area contributed by atoms with Gasteiger partial charge in [0.1, 0.15) is 5.82 Å². The molecule has 0 saturated carbocycles. The van der Waals surface area contributed by atoms with Crippen molar-refractivity contribution in [2.75, 3.05) is 11.9 Å². The van der Waals surface area contributed by atoms with E-state index in [-0.39, 0.29) is 41.6 Å². The molecular weight excluding hydrogens is 407 g/mol. The third-order valence-corrected chi connectivity index (χ3v) is 5.99. The van der Waals surface area contributed by atoms with E-state index in [1.165, 1.54) is 12.3 Å². The van der Waals surface area contributed by atoms with Crippen molar-refractivity contribution in [2.45, 2.75) is 51.4 Å². The Balaban J connectivity index is 1.52. The van der Waals surface area contributed by atoms with Crippen LogP contribution in [0, 0.1) is 17.1 Å². The second-order valence-electron chi connectivity index (χ2n) is 8.08. The molecule has 3 rings (SSSR count). The van der Waals surface area contributed by atoms with E-state index in [0.717, 1.165) is 17.8 Å². The Morgan fingerprint density at radius 2 is 2.12 bits per heavy atom. The van der Waals surface area contributed by atoms with Gasteiger partial charge in [0.25, 0.3) is 0 Å². The number of carbonyl (C=O) groups excluding carboxylic acids is 2. The Labute approximate surface area is 188 Å². The van der Waals surface area contributed by atoms with Crippen LogP contribution in [0.4, 0.5) is 10.1 Å². The zero-order valence-electron chi connectivity index (χ0n) is 18.6. The number of hydrogen-bond acceptors (Lipinski definition) is 4. The first-order valence-electron chi connectivity index (χ1n) is 11.0. The normalized spacial score (nSPS) is 17.2. The molecule has 0 fully saturated rings. The van der Waals surface area contributed by atoms with Crippen molar-refractivity contribution < 1.29 is 14.0 Å². The number of amides is 1. The lowest BCUT2D eigenvalue weighted by Gasteiger charge is -2.20. The van der Waals surface area contributed by atoms with Gasteiger partial charge in [-0.1, -0.05) is 25.1 Å². The second-order valence-corrected chi connectivity index (χ2v) is 8.08. The molecule has 1 aromatic heterocycles. The molecule has 0 unspecified atom stereocenters. The van der Waals surface area contributed by atoms with E-state index in [1.807, 2.05) is 19.1 Å². The highest BCUT2D eigenvalue weighted by Crippen LogP contribution is 2.29. The molecule has 0 saturated heterocycles. The molecule has 2 atom stereocenters. The minimum absolute atomic E-state index is 0.0352. The number of halogens is 1. The Hall–Kier alpha value is -3.22. The summed E-state index contributed by atoms with van der Waals surface area (Å²) in [5.41, 5.74) is 2.26. The van der Waals surface area contributed by atoms with Crippen LogP contribution >= 0.6 is 0 Å². The number of amidine groups is 1. The Morgan fingerprint density at radius 1 is 1.34 bits per heavy atom. The molecule has 168 valence electrons. The van der Waals surface area contributed by atoms with Crippen LogP contribution in [0.25, 0.3) is 0 Å². The fourth-order valence-corrected chi connectivity index (χ4v) is 4.07. The summed E-state index contributed by atoms with van der Waals surface area (Å²) in [6, 6.07) is 10.2. The minimum atomic E-state index is -0.371. The molecule has 0 radical (unpaired) electrons. The van der Waals surface area contributed by atoms with Crippen LogP contribution in [0.5, 0.6) is 0 Å². The van der Waals surface area contributed by atoms with Gasteiger partial charge in [-0.2, -0.15) is 0 Å². The molecule has 6 nitrogen and oxygen atoms in total. The van der Waals surface area contributed by atoms with E-state index in [1.54, 1.807) is 36.3 Å². The highest BCUT2D eigenvalue weighted by Gasteiger charge is 2.28. The van der Waals surface area contributed by atoms with Gasteiger partial charge in [0.2, 0.25) is 5.91 Å². The molecule has 1 N–H and O–H groups in total. The predicted molar refractivity (Wildman–Crippen MR) is 124 cm³/mol. The fraction of sp³-hybridized carbons (Fsp3) is 0.400. The number of nitrogens with one attached hydrogen (secondary N) is 1. The van der Waals surface area contributed by atoms with Gasteiger partial charge >= 0.3 is 0 Å². The second kappa shape index (κ2) is 10.9. The predicted octanol–water partition coefficient (Wildman–Crippen LogP) is 4.73. The number of aromatic nitrogens is 1. The number of nitrogens with zero attached hydrogens (tertiary/aromatic N) is 3. The number of ketones is 1. The number of benzene rings is 1. The van der Waals surface area contributed by atoms with Crippen LogP contribution in [0.2, 0.25) is 0 Å². The molecule has 0 spiro atoms. The quantitative estimate of drug-likeness (QED) is 0.479. The number of Topliss-reactive ketones (excluding diaryl/α,β-unsaturated/α-hetero) is 1. The van der Waals surface area contributed by atoms with E-state index < -0.39 is 0 Å². The van der Waals surface area contributed by atoms with Crippen molar-refractivity contribution in [3.05, 3.63) is 59.7 Å². The van der Waals surface area contributed by atoms with Crippen molar-refractivity contribution in [3.63, 3.8) is 0 Å². The van der Waals surface area contributed by atoms with Crippen molar-refractivity contribution >= 4 is 29.4 Å². The third-order valence-electron chi connectivity index (χ3n) is 5.99. The molecule has 7 heteroatoms. The summed E-state index contributed by atoms with van der Waals surface area (Å²) in [7, 11) is 1.76. The van der Waals surface area contributed by atoms with Gasteiger partial charge in [0, 0.05) is 37.7 Å². The maximum absolute atomic E-state index is 14.0. The van der Waals surface area contributed by atoms with E-state index >= 15 is 0 Å². The van der Waals surface area contributed by atoms with E-state index in [4.69, 9.17) is 5.41 Å². The number of hydrogen-bond donors (Lipinski definition) is 1. The molecule has 1 aromatic carbocycles. The number of fused-ring (bicyclic) bond motifs is 1. The lowest BCUT2D eigenvalue weighted by atomic mass is 9.95. The first-order valence-corrected chi connectivity index (χ1v) is 11.0. The Morgan fingerprint density at radius 3 is 2.88 bits per heavy atom. The monoisotopic (exact) mass is 436 g/mol. The summed E-state index contributed by atoms with van der Waals surface area (Å²) >= 11 is 0. The van der Waals surface area contributed by atoms with Crippen molar-refractivity contribution in [3.8, 4) is 0 Å². The smallest absolute Gasteiger partial charge is 0.229 e. The highest BCUT2D eigenvalue weighted by atomic mass is 19.1. The van der Waals surface area contributed by atoms with Crippen LogP contribution in [-0.4, -0.2) is 35.8 Å². The highest BCUT2D eigenvalue weighted by molar-refractivity contribution is 6.39. The summed E-state index contributed by atoms with van der Waals surface area (Å²) in [6.45, 7) is 1.91. The fourth-order valence-electron chi connectivity index (χ4n) is 4.07. The topological polar surface area (TPSA) is 86.5 Å². The molecule has 0 aliphatic carbocycles. The molecule has 1 aliphatic rings. The zero-order valence-corrected chi connectivity index (χ0v) is 18.6. The molecule has 0 bridgehead atoms. The molecule has 32 heavy (non-hydrogen) atoms. The largest absolute Gasteiger partial charge is 0.313 e. The van der Waals surface area contributed by atoms with Crippen LogP contribution < -0.4 is 4.90 Å². The number of carbonyl (C=O) groups is 2. The minimum Gasteiger partial charge on any atom is -0.313 e. The standard InChI is InChI=1S/C25H29FN4O2/c1-3-17(19-9-4-5-10-20(19)26)16-29-24(27)23(31)12-6-8-18-13-14-21-22(11-7-15-28-21)30(2)25(18)32/h4-5,7,9-11,15-18,27H,3,6,8,12-14H2,1-2H3/b27-24?,29-16+/t17-,18+/m1/s1. The first kappa shape index (κ1) is 23.4. The Kier molecular flexibility index (Phi) is 7.98. The number of pyridine rings is 1. The SMILES string of the molecule is CC[C@H](/C=N/C(=N)C(=O)CCC[C@H]1CCc2ncccc2N(C)C1=O)c1ccccc1F. The van der Waals surface area contributed by atoms with Gasteiger partial charge in [-0.05, 0) is 55.9 Å². The van der Waals surface area contributed by atoms with Gasteiger partial charge < -0.3 is 4.90 Å². The van der Waals surface area contributed by atoms with Gasteiger partial charge in [-0.3, -0.25) is 20.0 Å². The third kappa shape index (κ3) is 5.52. The van der Waals surface area contributed by atoms with Crippen LogP contribution in [-0.2, 0) is 16.0 Å². The maximum atomic E-state index is 14.0. The molecule has 1 amide bonds. The van der Waals surface area contributed by atoms with Crippen molar-refractivity contribution in [2.24, 2.45) is 10.9 Å². The zero-order chi connectivity index (χ0) is 23.1. The molecule has 2 heterocycles. The summed E-state index contributed by atoms with van der Waals surface area (Å²) in [5.74, 6) is -1.46. The number of anilines is 1. The first-order chi connectivity index (χ1) is 15.4. The maximum Gasteiger partial charge on any atom is 0.229 e. The van der Waals surface area contributed by atoms with Crippen LogP contribution in [0.15, 0.2) is 47.6 Å². The summed E-state index contributed by atoms with van der Waals surface area (Å²) in [6.07, 6.45) is 6.48. The van der Waals surface area contributed by atoms with E-state index in [0.29, 0.717) is 31.2 Å². The van der Waals surface area contributed by atoms with Gasteiger partial charge in [0.15, 0.2) is 11.6 Å². The Bertz CT molecular complexity index is 1020. The number of aliphatic imine (C=N–C) groups is 1. The van der Waals surface area contributed by atoms with Crippen LogP contribution in [0.3, 0.4) is 0 Å². The summed E-state index contributed by atoms with van der Waals surface area (Å²) in [5, 5.41) is 7.97. The molecule has 1 aliphatic heterocycles. The number of aryl methyl sites for hydroxylation is 1. The van der Waals surface area contributed by atoms with E-state index in [9.17, 15) is 14.0 Å². The molecule has 2 aromatic rings. The summed E-state index contributed by atoms with van der Waals surface area (Å²) < 4.78 is 14.0. The average molecular weight is 437 g/mol. The van der Waals surface area contributed by atoms with Crippen molar-refractivity contribution in [1.82, 2.24) is 4.98 Å².